The van der Waals surface area contributed by atoms with Gasteiger partial charge in [0.1, 0.15) is 17.6 Å². The molecule has 0 saturated heterocycles. The Bertz CT molecular complexity index is 1490. The first-order valence-corrected chi connectivity index (χ1v) is 12.6. The van der Waals surface area contributed by atoms with Gasteiger partial charge in [0.05, 0.1) is 19.4 Å². The van der Waals surface area contributed by atoms with Gasteiger partial charge in [-0.3, -0.25) is 4.79 Å². The third-order valence-electron chi connectivity index (χ3n) is 6.64. The first-order chi connectivity index (χ1) is 19.0. The highest BCUT2D eigenvalue weighted by atomic mass is 19.4. The second kappa shape index (κ2) is 11.8. The van der Waals surface area contributed by atoms with Crippen molar-refractivity contribution in [3.05, 3.63) is 94.6 Å². The molecule has 0 amide bonds. The van der Waals surface area contributed by atoms with Gasteiger partial charge in [0, 0.05) is 35.4 Å². The van der Waals surface area contributed by atoms with Crippen LogP contribution in [-0.4, -0.2) is 41.2 Å². The molecule has 4 rings (SSSR count). The third-order valence-corrected chi connectivity index (χ3v) is 6.64. The molecular weight excluding hydrogens is 525 g/mol. The summed E-state index contributed by atoms with van der Waals surface area (Å²) in [5.74, 6) is -0.697. The van der Waals surface area contributed by atoms with E-state index < -0.39 is 29.5 Å². The summed E-state index contributed by atoms with van der Waals surface area (Å²) in [4.78, 5) is 29.1. The van der Waals surface area contributed by atoms with Gasteiger partial charge in [-0.15, -0.1) is 0 Å². The number of halogens is 3. The maximum atomic E-state index is 13.1. The summed E-state index contributed by atoms with van der Waals surface area (Å²) in [6, 6.07) is 16.9. The van der Waals surface area contributed by atoms with Gasteiger partial charge in [0.25, 0.3) is 5.78 Å². The molecule has 0 unspecified atom stereocenters. The molecule has 0 spiro atoms. The second-order valence-corrected chi connectivity index (χ2v) is 9.36. The van der Waals surface area contributed by atoms with Gasteiger partial charge in [-0.25, -0.2) is 9.78 Å². The van der Waals surface area contributed by atoms with Crippen LogP contribution in [0.4, 0.5) is 13.2 Å². The lowest BCUT2D eigenvalue weighted by Gasteiger charge is -2.21. The molecule has 40 heavy (non-hydrogen) atoms. The SMILES string of the molecule is COC(=O)[C@H](Cc1ccc(OCCc2nc(-c3ccccc3)oc2C)cc1)n1c(C)cc(C(=O)C(F)(F)F)c1C. The Morgan fingerprint density at radius 3 is 2.33 bits per heavy atom. The number of Topliss-reactive ketones (excluding diaryl/α,β-unsaturated/α-hetero) is 1. The molecule has 0 aliphatic rings. The minimum absolute atomic E-state index is 0.0498. The zero-order valence-electron chi connectivity index (χ0n) is 22.5. The Morgan fingerprint density at radius 1 is 1.02 bits per heavy atom. The summed E-state index contributed by atoms with van der Waals surface area (Å²) >= 11 is 0. The smallest absolute Gasteiger partial charge is 0.454 e. The summed E-state index contributed by atoms with van der Waals surface area (Å²) in [5, 5.41) is 0. The van der Waals surface area contributed by atoms with E-state index in [1.165, 1.54) is 18.6 Å². The molecule has 0 aliphatic carbocycles. The molecule has 4 aromatic rings. The fourth-order valence-corrected chi connectivity index (χ4v) is 4.63. The summed E-state index contributed by atoms with van der Waals surface area (Å²) in [5.41, 5.74) is 2.34. The number of hydrogen-bond donors (Lipinski definition) is 0. The third kappa shape index (κ3) is 6.27. The van der Waals surface area contributed by atoms with Gasteiger partial charge < -0.3 is 18.5 Å². The average molecular weight is 555 g/mol. The van der Waals surface area contributed by atoms with Gasteiger partial charge in [0.15, 0.2) is 0 Å². The number of nitrogens with zero attached hydrogens (tertiary/aromatic N) is 2. The van der Waals surface area contributed by atoms with Crippen molar-refractivity contribution in [1.82, 2.24) is 9.55 Å². The van der Waals surface area contributed by atoms with Gasteiger partial charge in [-0.05, 0) is 56.7 Å². The molecule has 0 fully saturated rings. The largest absolute Gasteiger partial charge is 0.493 e. The topological polar surface area (TPSA) is 83.6 Å². The van der Waals surface area contributed by atoms with Crippen molar-refractivity contribution in [3.63, 3.8) is 0 Å². The average Bonchev–Trinajstić information content (AvgIpc) is 3.45. The van der Waals surface area contributed by atoms with Gasteiger partial charge in [0.2, 0.25) is 5.89 Å². The lowest BCUT2D eigenvalue weighted by Crippen LogP contribution is -2.26. The van der Waals surface area contributed by atoms with E-state index in [-0.39, 0.29) is 12.1 Å². The van der Waals surface area contributed by atoms with Crippen molar-refractivity contribution < 1.29 is 36.7 Å². The normalized spacial score (nSPS) is 12.3. The minimum atomic E-state index is -5.02. The summed E-state index contributed by atoms with van der Waals surface area (Å²) < 4.78 is 57.2. The molecule has 1 atom stereocenters. The predicted octanol–water partition coefficient (Wildman–Crippen LogP) is 6.39. The summed E-state index contributed by atoms with van der Waals surface area (Å²) in [6.07, 6.45) is -4.33. The summed E-state index contributed by atoms with van der Waals surface area (Å²) in [6.45, 7) is 5.16. The number of hydrogen-bond acceptors (Lipinski definition) is 6. The number of esters is 1. The van der Waals surface area contributed by atoms with E-state index >= 15 is 0 Å². The molecule has 0 N–H and O–H groups in total. The number of aromatic nitrogens is 2. The molecule has 0 bridgehead atoms. The fraction of sp³-hybridized carbons (Fsp3) is 0.300. The van der Waals surface area contributed by atoms with Crippen molar-refractivity contribution in [3.8, 4) is 17.2 Å². The van der Waals surface area contributed by atoms with Crippen LogP contribution >= 0.6 is 0 Å². The highest BCUT2D eigenvalue weighted by molar-refractivity contribution is 6.01. The molecular formula is C30H29F3N2O5. The van der Waals surface area contributed by atoms with Gasteiger partial charge >= 0.3 is 12.1 Å². The highest BCUT2D eigenvalue weighted by Crippen LogP contribution is 2.30. The molecule has 2 aromatic heterocycles. The van der Waals surface area contributed by atoms with Crippen LogP contribution in [0, 0.1) is 20.8 Å². The van der Waals surface area contributed by atoms with Crippen LogP contribution in [0.15, 0.2) is 65.1 Å². The highest BCUT2D eigenvalue weighted by Gasteiger charge is 2.41. The molecule has 10 heteroatoms. The molecule has 210 valence electrons. The van der Waals surface area contributed by atoms with Crippen molar-refractivity contribution in [2.24, 2.45) is 0 Å². The fourth-order valence-electron chi connectivity index (χ4n) is 4.63. The number of rotatable bonds is 10. The van der Waals surface area contributed by atoms with Crippen LogP contribution in [-0.2, 0) is 22.4 Å². The number of carbonyl (C=O) groups is 2. The van der Waals surface area contributed by atoms with Crippen molar-refractivity contribution in [2.75, 3.05) is 13.7 Å². The predicted molar refractivity (Wildman–Crippen MR) is 141 cm³/mol. The molecule has 0 aliphatic heterocycles. The monoisotopic (exact) mass is 554 g/mol. The van der Waals surface area contributed by atoms with Crippen LogP contribution < -0.4 is 4.74 Å². The number of carbonyl (C=O) groups excluding carboxylic acids is 2. The number of oxazole rings is 1. The number of methoxy groups -OCH3 is 1. The lowest BCUT2D eigenvalue weighted by atomic mass is 10.0. The molecule has 2 heterocycles. The first-order valence-electron chi connectivity index (χ1n) is 12.6. The van der Waals surface area contributed by atoms with Crippen LogP contribution in [0.3, 0.4) is 0 Å². The Kier molecular flexibility index (Phi) is 8.46. The number of benzene rings is 2. The van der Waals surface area contributed by atoms with Crippen molar-refractivity contribution in [1.29, 1.82) is 0 Å². The number of alkyl halides is 3. The van der Waals surface area contributed by atoms with Gasteiger partial charge in [-0.2, -0.15) is 13.2 Å². The van der Waals surface area contributed by atoms with E-state index in [2.05, 4.69) is 4.98 Å². The Labute approximate surface area is 229 Å². The van der Waals surface area contributed by atoms with Crippen LogP contribution in [0.5, 0.6) is 5.75 Å². The van der Waals surface area contributed by atoms with Crippen LogP contribution in [0.25, 0.3) is 11.5 Å². The van der Waals surface area contributed by atoms with Crippen molar-refractivity contribution in [2.45, 2.75) is 45.8 Å². The lowest BCUT2D eigenvalue weighted by molar-refractivity contribution is -0.144. The molecule has 7 nitrogen and oxygen atoms in total. The van der Waals surface area contributed by atoms with E-state index in [0.29, 0.717) is 30.4 Å². The first kappa shape index (κ1) is 28.7. The Balaban J connectivity index is 1.43. The minimum Gasteiger partial charge on any atom is -0.493 e. The quantitative estimate of drug-likeness (QED) is 0.167. The van der Waals surface area contributed by atoms with E-state index in [9.17, 15) is 22.8 Å². The maximum absolute atomic E-state index is 13.1. The number of ether oxygens (including phenoxy) is 2. The van der Waals surface area contributed by atoms with E-state index in [4.69, 9.17) is 13.9 Å². The zero-order chi connectivity index (χ0) is 29.0. The Morgan fingerprint density at radius 2 is 1.70 bits per heavy atom. The van der Waals surface area contributed by atoms with Crippen molar-refractivity contribution >= 4 is 11.8 Å². The maximum Gasteiger partial charge on any atom is 0.454 e. The standard InChI is InChI=1S/C30H29F3N2O5/c1-18-16-24(27(36)30(31,32)33)19(2)35(18)26(29(37)38-4)17-21-10-12-23(13-11-21)39-15-14-25-20(3)40-28(34-25)22-8-6-5-7-9-22/h5-13,16,26H,14-15,17H2,1-4H3/t26-/m0/s1. The molecule has 0 radical (unpaired) electrons. The summed E-state index contributed by atoms with van der Waals surface area (Å²) in [7, 11) is 1.21. The van der Waals surface area contributed by atoms with E-state index in [1.807, 2.05) is 37.3 Å². The molecule has 2 aromatic carbocycles. The number of aryl methyl sites for hydroxylation is 2. The second-order valence-electron chi connectivity index (χ2n) is 9.36. The van der Waals surface area contributed by atoms with Gasteiger partial charge in [-0.1, -0.05) is 30.3 Å². The van der Waals surface area contributed by atoms with Crippen LogP contribution in [0.1, 0.15) is 44.8 Å². The van der Waals surface area contributed by atoms with Crippen LogP contribution in [0.2, 0.25) is 0 Å². The Hall–Kier alpha value is -4.34. The zero-order valence-corrected chi connectivity index (χ0v) is 22.5. The number of ketones is 1. The van der Waals surface area contributed by atoms with E-state index in [1.54, 1.807) is 31.2 Å². The van der Waals surface area contributed by atoms with E-state index in [0.717, 1.165) is 28.6 Å². The molecule has 0 saturated carbocycles.